The molecule has 0 atom stereocenters. The van der Waals surface area contributed by atoms with Crippen LogP contribution in [0.4, 0.5) is 5.95 Å². The minimum atomic E-state index is 0.765. The van der Waals surface area contributed by atoms with Crippen molar-refractivity contribution < 1.29 is 0 Å². The lowest BCUT2D eigenvalue weighted by molar-refractivity contribution is 0.639. The highest BCUT2D eigenvalue weighted by atomic mass is 32.2. The van der Waals surface area contributed by atoms with Crippen LogP contribution in [0.25, 0.3) is 0 Å². The minimum absolute atomic E-state index is 0.765. The molecule has 0 saturated heterocycles. The van der Waals surface area contributed by atoms with Crippen molar-refractivity contribution >= 4 is 17.7 Å². The van der Waals surface area contributed by atoms with Gasteiger partial charge in [-0.3, -0.25) is 0 Å². The second kappa shape index (κ2) is 7.39. The zero-order valence-corrected chi connectivity index (χ0v) is 11.0. The van der Waals surface area contributed by atoms with E-state index in [1.54, 1.807) is 0 Å². The van der Waals surface area contributed by atoms with Gasteiger partial charge in [0, 0.05) is 19.3 Å². The maximum absolute atomic E-state index is 4.45. The van der Waals surface area contributed by atoms with Gasteiger partial charge in [-0.25, -0.2) is 4.98 Å². The Kier molecular flexibility index (Phi) is 6.08. The summed E-state index contributed by atoms with van der Waals surface area (Å²) in [6.45, 7) is 7.53. The van der Waals surface area contributed by atoms with E-state index in [9.17, 15) is 0 Å². The maximum atomic E-state index is 4.45. The fourth-order valence-electron chi connectivity index (χ4n) is 1.55. The molecule has 0 bridgehead atoms. The van der Waals surface area contributed by atoms with Crippen LogP contribution in [0.5, 0.6) is 0 Å². The highest BCUT2D eigenvalue weighted by molar-refractivity contribution is 7.98. The lowest BCUT2D eigenvalue weighted by Crippen LogP contribution is -2.07. The Balaban J connectivity index is 2.46. The van der Waals surface area contributed by atoms with E-state index in [2.05, 4.69) is 33.9 Å². The first-order valence-corrected chi connectivity index (χ1v) is 7.04. The molecule has 0 aliphatic rings. The molecule has 1 aromatic rings. The summed E-state index contributed by atoms with van der Waals surface area (Å²) in [4.78, 5) is 4.45. The van der Waals surface area contributed by atoms with E-state index in [1.165, 1.54) is 18.6 Å². The molecule has 0 amide bonds. The predicted octanol–water partition coefficient (Wildman–Crippen LogP) is 2.93. The van der Waals surface area contributed by atoms with Gasteiger partial charge in [-0.15, -0.1) is 6.58 Å². The van der Waals surface area contributed by atoms with Crippen molar-refractivity contribution in [1.82, 2.24) is 9.55 Å². The molecule has 0 fully saturated rings. The van der Waals surface area contributed by atoms with Crippen molar-refractivity contribution in [3.8, 4) is 0 Å². The van der Waals surface area contributed by atoms with Crippen molar-refractivity contribution in [2.45, 2.75) is 26.3 Å². The highest BCUT2D eigenvalue weighted by Crippen LogP contribution is 2.10. The third-order valence-electron chi connectivity index (χ3n) is 2.30. The normalized spacial score (nSPS) is 10.4. The fraction of sp³-hybridized carbons (Fsp3) is 0.583. The molecule has 4 heteroatoms. The summed E-state index contributed by atoms with van der Waals surface area (Å²) < 4.78 is 2.19. The second-order valence-electron chi connectivity index (χ2n) is 3.77. The Bertz CT molecular complexity index is 320. The summed E-state index contributed by atoms with van der Waals surface area (Å²) in [5.41, 5.74) is 1.07. The SMILES string of the molecule is C=CCNc1nc(C)cn1CCCCSC. The fourth-order valence-corrected chi connectivity index (χ4v) is 2.04. The molecular formula is C12H21N3S. The monoisotopic (exact) mass is 239 g/mol. The van der Waals surface area contributed by atoms with Crippen LogP contribution in [-0.2, 0) is 6.54 Å². The molecule has 0 unspecified atom stereocenters. The van der Waals surface area contributed by atoms with E-state index in [0.717, 1.165) is 24.7 Å². The summed E-state index contributed by atoms with van der Waals surface area (Å²) in [5.74, 6) is 2.20. The average molecular weight is 239 g/mol. The van der Waals surface area contributed by atoms with Crippen molar-refractivity contribution in [3.63, 3.8) is 0 Å². The molecule has 0 aliphatic heterocycles. The van der Waals surface area contributed by atoms with Gasteiger partial charge >= 0.3 is 0 Å². The van der Waals surface area contributed by atoms with Gasteiger partial charge in [0.1, 0.15) is 0 Å². The van der Waals surface area contributed by atoms with Crippen molar-refractivity contribution in [2.75, 3.05) is 23.9 Å². The number of imidazole rings is 1. The number of nitrogens with zero attached hydrogens (tertiary/aromatic N) is 2. The van der Waals surface area contributed by atoms with Gasteiger partial charge in [0.15, 0.2) is 0 Å². The van der Waals surface area contributed by atoms with Crippen LogP contribution in [0.15, 0.2) is 18.9 Å². The summed E-state index contributed by atoms with van der Waals surface area (Å²) in [5, 5.41) is 3.25. The first kappa shape index (κ1) is 13.2. The van der Waals surface area contributed by atoms with E-state index >= 15 is 0 Å². The Morgan fingerprint density at radius 1 is 1.56 bits per heavy atom. The molecule has 0 spiro atoms. The predicted molar refractivity (Wildman–Crippen MR) is 73.3 cm³/mol. The van der Waals surface area contributed by atoms with Gasteiger partial charge in [0.25, 0.3) is 0 Å². The largest absolute Gasteiger partial charge is 0.352 e. The number of thioether (sulfide) groups is 1. The number of hydrogen-bond acceptors (Lipinski definition) is 3. The lowest BCUT2D eigenvalue weighted by atomic mass is 10.3. The molecule has 1 N–H and O–H groups in total. The number of aryl methyl sites for hydroxylation is 2. The van der Waals surface area contributed by atoms with E-state index in [-0.39, 0.29) is 0 Å². The van der Waals surface area contributed by atoms with Crippen LogP contribution >= 0.6 is 11.8 Å². The minimum Gasteiger partial charge on any atom is -0.352 e. The molecule has 1 heterocycles. The van der Waals surface area contributed by atoms with E-state index < -0.39 is 0 Å². The Labute approximate surface area is 102 Å². The van der Waals surface area contributed by atoms with Gasteiger partial charge in [-0.05, 0) is 31.8 Å². The van der Waals surface area contributed by atoms with Gasteiger partial charge < -0.3 is 9.88 Å². The lowest BCUT2D eigenvalue weighted by Gasteiger charge is -2.07. The van der Waals surface area contributed by atoms with E-state index in [4.69, 9.17) is 0 Å². The van der Waals surface area contributed by atoms with Crippen molar-refractivity contribution in [3.05, 3.63) is 24.5 Å². The summed E-state index contributed by atoms with van der Waals surface area (Å²) in [7, 11) is 0. The number of nitrogens with one attached hydrogen (secondary N) is 1. The molecule has 3 nitrogen and oxygen atoms in total. The number of anilines is 1. The van der Waals surface area contributed by atoms with Crippen LogP contribution in [0, 0.1) is 6.92 Å². The smallest absolute Gasteiger partial charge is 0.203 e. The molecule has 0 saturated carbocycles. The van der Waals surface area contributed by atoms with Crippen molar-refractivity contribution in [1.29, 1.82) is 0 Å². The van der Waals surface area contributed by atoms with E-state index in [0.29, 0.717) is 0 Å². The molecular weight excluding hydrogens is 218 g/mol. The zero-order valence-electron chi connectivity index (χ0n) is 10.2. The zero-order chi connectivity index (χ0) is 11.8. The third kappa shape index (κ3) is 4.31. The highest BCUT2D eigenvalue weighted by Gasteiger charge is 2.03. The summed E-state index contributed by atoms with van der Waals surface area (Å²) in [6, 6.07) is 0. The van der Waals surface area contributed by atoms with Gasteiger partial charge in [0.2, 0.25) is 5.95 Å². The van der Waals surface area contributed by atoms with Crippen LogP contribution in [-0.4, -0.2) is 28.1 Å². The summed E-state index contributed by atoms with van der Waals surface area (Å²) in [6.07, 6.45) is 8.57. The molecule has 1 aromatic heterocycles. The molecule has 16 heavy (non-hydrogen) atoms. The van der Waals surface area contributed by atoms with Gasteiger partial charge in [-0.2, -0.15) is 11.8 Å². The third-order valence-corrected chi connectivity index (χ3v) is 3.00. The number of aromatic nitrogens is 2. The molecule has 0 aromatic carbocycles. The molecule has 1 rings (SSSR count). The standard InChI is InChI=1S/C12H21N3S/c1-4-7-13-12-14-11(2)10-15(12)8-5-6-9-16-3/h4,10H,1,5-9H2,2-3H3,(H,13,14). The summed E-state index contributed by atoms with van der Waals surface area (Å²) >= 11 is 1.91. The van der Waals surface area contributed by atoms with Crippen LogP contribution in [0.2, 0.25) is 0 Å². The van der Waals surface area contributed by atoms with Crippen LogP contribution in [0.3, 0.4) is 0 Å². The average Bonchev–Trinajstić information content (AvgIpc) is 2.62. The Hall–Kier alpha value is -0.900. The number of unbranched alkanes of at least 4 members (excludes halogenated alkanes) is 1. The molecule has 0 aliphatic carbocycles. The van der Waals surface area contributed by atoms with Crippen LogP contribution < -0.4 is 5.32 Å². The van der Waals surface area contributed by atoms with Gasteiger partial charge in [0.05, 0.1) is 5.69 Å². The topological polar surface area (TPSA) is 29.9 Å². The Morgan fingerprint density at radius 3 is 3.06 bits per heavy atom. The van der Waals surface area contributed by atoms with Gasteiger partial charge in [-0.1, -0.05) is 6.08 Å². The second-order valence-corrected chi connectivity index (χ2v) is 4.75. The maximum Gasteiger partial charge on any atom is 0.203 e. The van der Waals surface area contributed by atoms with E-state index in [1.807, 2.05) is 24.8 Å². The quantitative estimate of drug-likeness (QED) is 0.559. The van der Waals surface area contributed by atoms with Crippen LogP contribution in [0.1, 0.15) is 18.5 Å². The first-order valence-electron chi connectivity index (χ1n) is 5.65. The Morgan fingerprint density at radius 2 is 2.38 bits per heavy atom. The molecule has 90 valence electrons. The number of rotatable bonds is 8. The molecule has 0 radical (unpaired) electrons. The number of hydrogen-bond donors (Lipinski definition) is 1. The first-order chi connectivity index (χ1) is 7.77. The van der Waals surface area contributed by atoms with Crippen molar-refractivity contribution in [2.24, 2.45) is 0 Å².